The van der Waals surface area contributed by atoms with E-state index in [-0.39, 0.29) is 30.0 Å². The molecular formula is C20H32N2O13. The van der Waals surface area contributed by atoms with E-state index in [4.69, 9.17) is 19.3 Å². The molecule has 1 aliphatic carbocycles. The second-order valence-electron chi connectivity index (χ2n) is 8.44. The molecule has 0 bridgehead atoms. The minimum atomic E-state index is -1.79. The first-order chi connectivity index (χ1) is 16.3. The van der Waals surface area contributed by atoms with Crippen LogP contribution in [0.1, 0.15) is 19.8 Å². The van der Waals surface area contributed by atoms with Crippen LogP contribution in [0.2, 0.25) is 0 Å². The fourth-order valence-corrected chi connectivity index (χ4v) is 3.78. The topological polar surface area (TPSA) is 248 Å². The summed E-state index contributed by atoms with van der Waals surface area (Å²) in [6.45, 7) is -0.458. The number of rotatable bonds is 11. The number of aliphatic carboxylic acids is 2. The SMILES string of the molecule is COC1=C(NC(C(=O)O)C(C)OCC2OC(O)C(O)C(O)C2O)CC(O)(CO)CC1=NCC(=O)O. The Balaban J connectivity index is 2.22. The molecule has 35 heavy (non-hydrogen) atoms. The Morgan fingerprint density at radius 3 is 2.37 bits per heavy atom. The molecule has 200 valence electrons. The predicted molar refractivity (Wildman–Crippen MR) is 114 cm³/mol. The molecule has 0 amide bonds. The molecule has 2 aliphatic rings. The van der Waals surface area contributed by atoms with Crippen molar-refractivity contribution < 1.29 is 64.7 Å². The van der Waals surface area contributed by atoms with E-state index in [0.717, 1.165) is 0 Å². The van der Waals surface area contributed by atoms with Gasteiger partial charge in [0.05, 0.1) is 43.4 Å². The maximum Gasteiger partial charge on any atom is 0.328 e. The van der Waals surface area contributed by atoms with Crippen LogP contribution in [0.15, 0.2) is 16.4 Å². The lowest BCUT2D eigenvalue weighted by molar-refractivity contribution is -0.290. The number of hydrogen-bond donors (Lipinski definition) is 9. The van der Waals surface area contributed by atoms with Gasteiger partial charge in [0.25, 0.3) is 0 Å². The number of allylic oxidation sites excluding steroid dienone is 1. The number of carboxylic acid groups (broad SMARTS) is 2. The Kier molecular flexibility index (Phi) is 9.94. The van der Waals surface area contributed by atoms with Crippen molar-refractivity contribution in [1.29, 1.82) is 0 Å². The van der Waals surface area contributed by atoms with Crippen LogP contribution in [0.4, 0.5) is 0 Å². The van der Waals surface area contributed by atoms with Crippen LogP contribution in [0.25, 0.3) is 0 Å². The largest absolute Gasteiger partial charge is 0.493 e. The molecule has 15 heteroatoms. The number of nitrogens with one attached hydrogen (secondary N) is 1. The van der Waals surface area contributed by atoms with Crippen LogP contribution < -0.4 is 5.32 Å². The van der Waals surface area contributed by atoms with Crippen molar-refractivity contribution in [3.8, 4) is 0 Å². The summed E-state index contributed by atoms with van der Waals surface area (Å²) in [5.41, 5.74) is -1.72. The molecule has 2 rings (SSSR count). The van der Waals surface area contributed by atoms with Crippen molar-refractivity contribution >= 4 is 17.7 Å². The Morgan fingerprint density at radius 2 is 1.83 bits per heavy atom. The molecule has 9 N–H and O–H groups in total. The monoisotopic (exact) mass is 508 g/mol. The third-order valence-corrected chi connectivity index (χ3v) is 5.72. The van der Waals surface area contributed by atoms with Crippen LogP contribution in [-0.2, 0) is 23.8 Å². The number of aliphatic hydroxyl groups is 6. The quantitative estimate of drug-likeness (QED) is 0.130. The molecule has 0 spiro atoms. The normalized spacial score (nSPS) is 34.4. The Bertz CT molecular complexity index is 834. The van der Waals surface area contributed by atoms with Crippen LogP contribution in [0.3, 0.4) is 0 Å². The second-order valence-corrected chi connectivity index (χ2v) is 8.44. The first kappa shape index (κ1) is 28.9. The van der Waals surface area contributed by atoms with Gasteiger partial charge in [-0.1, -0.05) is 0 Å². The minimum absolute atomic E-state index is 0.00842. The van der Waals surface area contributed by atoms with Crippen molar-refractivity contribution in [3.63, 3.8) is 0 Å². The van der Waals surface area contributed by atoms with Gasteiger partial charge in [0, 0.05) is 12.8 Å². The standard InChI is InChI=1S/C20H32N2O13/c1-8(34-6-11-14(26)15(27)16(28)19(31)35-11)13(18(29)30)22-10-4-20(32,7-23)3-9(17(10)33-2)21-5-12(24)25/h8,11,13-16,19,22-23,26-28,31-32H,3-7H2,1-2H3,(H,24,25)(H,29,30). The molecule has 1 fully saturated rings. The van der Waals surface area contributed by atoms with Gasteiger partial charge in [-0.25, -0.2) is 4.79 Å². The second kappa shape index (κ2) is 12.0. The van der Waals surface area contributed by atoms with E-state index in [9.17, 15) is 45.3 Å². The summed E-state index contributed by atoms with van der Waals surface area (Å²) in [7, 11) is 1.25. The number of methoxy groups -OCH3 is 1. The average molecular weight is 508 g/mol. The summed E-state index contributed by atoms with van der Waals surface area (Å²) >= 11 is 0. The highest BCUT2D eigenvalue weighted by Gasteiger charge is 2.44. The Hall–Kier alpha value is -2.37. The lowest BCUT2D eigenvalue weighted by atomic mass is 9.85. The Morgan fingerprint density at radius 1 is 1.17 bits per heavy atom. The first-order valence-electron chi connectivity index (χ1n) is 10.7. The molecular weight excluding hydrogens is 476 g/mol. The van der Waals surface area contributed by atoms with Gasteiger partial charge in [-0.15, -0.1) is 0 Å². The molecule has 1 saturated heterocycles. The summed E-state index contributed by atoms with van der Waals surface area (Å²) < 4.78 is 15.8. The Labute approximate surface area is 199 Å². The van der Waals surface area contributed by atoms with E-state index >= 15 is 0 Å². The van der Waals surface area contributed by atoms with E-state index < -0.39 is 80.1 Å². The van der Waals surface area contributed by atoms with E-state index in [1.165, 1.54) is 14.0 Å². The van der Waals surface area contributed by atoms with Gasteiger partial charge in [0.2, 0.25) is 0 Å². The van der Waals surface area contributed by atoms with E-state index in [2.05, 4.69) is 10.3 Å². The number of aliphatic imine (C=N–C) groups is 1. The van der Waals surface area contributed by atoms with Gasteiger partial charge < -0.3 is 60.4 Å². The van der Waals surface area contributed by atoms with Crippen molar-refractivity contribution in [2.45, 2.75) is 68.2 Å². The molecule has 15 nitrogen and oxygen atoms in total. The first-order valence-corrected chi connectivity index (χ1v) is 10.7. The van der Waals surface area contributed by atoms with E-state index in [1.807, 2.05) is 0 Å². The van der Waals surface area contributed by atoms with Crippen LogP contribution in [0, 0.1) is 0 Å². The highest BCUT2D eigenvalue weighted by Crippen LogP contribution is 2.31. The zero-order valence-corrected chi connectivity index (χ0v) is 19.1. The third-order valence-electron chi connectivity index (χ3n) is 5.72. The average Bonchev–Trinajstić information content (AvgIpc) is 2.80. The minimum Gasteiger partial charge on any atom is -0.493 e. The summed E-state index contributed by atoms with van der Waals surface area (Å²) in [4.78, 5) is 26.8. The smallest absolute Gasteiger partial charge is 0.328 e. The molecule has 1 heterocycles. The lowest BCUT2D eigenvalue weighted by Crippen LogP contribution is -2.59. The van der Waals surface area contributed by atoms with Gasteiger partial charge in [-0.05, 0) is 6.92 Å². The van der Waals surface area contributed by atoms with Crippen molar-refractivity contribution in [2.24, 2.45) is 4.99 Å². The number of nitrogens with zero attached hydrogens (tertiary/aromatic N) is 1. The van der Waals surface area contributed by atoms with Crippen molar-refractivity contribution in [1.82, 2.24) is 5.32 Å². The van der Waals surface area contributed by atoms with E-state index in [0.29, 0.717) is 0 Å². The number of carboxylic acids is 2. The summed E-state index contributed by atoms with van der Waals surface area (Å²) in [6, 6.07) is -1.47. The van der Waals surface area contributed by atoms with Crippen LogP contribution >= 0.6 is 0 Å². The lowest BCUT2D eigenvalue weighted by Gasteiger charge is -2.39. The summed E-state index contributed by atoms with van der Waals surface area (Å²) in [5.74, 6) is -2.63. The van der Waals surface area contributed by atoms with Gasteiger partial charge >= 0.3 is 11.9 Å². The van der Waals surface area contributed by atoms with E-state index in [1.54, 1.807) is 0 Å². The van der Waals surface area contributed by atoms with Gasteiger partial charge in [0.1, 0.15) is 31.0 Å². The van der Waals surface area contributed by atoms with Gasteiger partial charge in [-0.2, -0.15) is 0 Å². The molecule has 8 atom stereocenters. The fourth-order valence-electron chi connectivity index (χ4n) is 3.78. The molecule has 0 aromatic carbocycles. The zero-order chi connectivity index (χ0) is 26.5. The van der Waals surface area contributed by atoms with Gasteiger partial charge in [-0.3, -0.25) is 9.79 Å². The number of aliphatic hydroxyl groups excluding tert-OH is 5. The third kappa shape index (κ3) is 7.08. The maximum absolute atomic E-state index is 12.0. The molecule has 0 saturated carbocycles. The van der Waals surface area contributed by atoms with Crippen LogP contribution in [0.5, 0.6) is 0 Å². The molecule has 0 aromatic heterocycles. The highest BCUT2D eigenvalue weighted by atomic mass is 16.6. The fraction of sp³-hybridized carbons (Fsp3) is 0.750. The van der Waals surface area contributed by atoms with Gasteiger partial charge in [0.15, 0.2) is 18.1 Å². The maximum atomic E-state index is 12.0. The van der Waals surface area contributed by atoms with Crippen LogP contribution in [-0.4, -0.2) is 134 Å². The molecule has 0 aromatic rings. The highest BCUT2D eigenvalue weighted by molar-refractivity contribution is 6.01. The van der Waals surface area contributed by atoms with Crippen molar-refractivity contribution in [2.75, 3.05) is 26.9 Å². The molecule has 1 aliphatic heterocycles. The number of ether oxygens (including phenoxy) is 3. The number of carbonyl (C=O) groups is 2. The molecule has 0 radical (unpaired) electrons. The summed E-state index contributed by atoms with van der Waals surface area (Å²) in [5, 5.41) is 80.6. The zero-order valence-electron chi connectivity index (χ0n) is 19.1. The molecule has 8 unspecified atom stereocenters. The number of hydrogen-bond acceptors (Lipinski definition) is 13. The predicted octanol–water partition coefficient (Wildman–Crippen LogP) is -3.86. The summed E-state index contributed by atoms with van der Waals surface area (Å²) in [6.07, 6.45) is -9.77. The van der Waals surface area contributed by atoms with Crippen molar-refractivity contribution in [3.05, 3.63) is 11.5 Å².